The Balaban J connectivity index is 1.64. The summed E-state index contributed by atoms with van der Waals surface area (Å²) in [7, 11) is 0. The van der Waals surface area contributed by atoms with E-state index >= 15 is 0 Å². The Morgan fingerprint density at radius 2 is 1.10 bits per heavy atom. The van der Waals surface area contributed by atoms with E-state index in [0.29, 0.717) is 11.8 Å². The van der Waals surface area contributed by atoms with Crippen LogP contribution in [0.2, 0.25) is 0 Å². The highest BCUT2D eigenvalue weighted by Gasteiger charge is 2.37. The van der Waals surface area contributed by atoms with E-state index in [0.717, 1.165) is 33.4 Å². The molecule has 0 aliphatic carbocycles. The summed E-state index contributed by atoms with van der Waals surface area (Å²) in [6.45, 7) is 0. The summed E-state index contributed by atoms with van der Waals surface area (Å²) in [5.41, 5.74) is 6.26. The van der Waals surface area contributed by atoms with Crippen molar-refractivity contribution >= 4 is 11.8 Å². The van der Waals surface area contributed by atoms with Crippen molar-refractivity contribution in [1.29, 1.82) is 0 Å². The maximum absolute atomic E-state index is 9.47. The van der Waals surface area contributed by atoms with E-state index in [1.165, 1.54) is 0 Å². The van der Waals surface area contributed by atoms with Gasteiger partial charge in [-0.1, -0.05) is 72.8 Å². The van der Waals surface area contributed by atoms with Gasteiger partial charge in [-0.05, 0) is 47.0 Å². The third-order valence-electron chi connectivity index (χ3n) is 4.95. The van der Waals surface area contributed by atoms with Crippen LogP contribution in [0.4, 0.5) is 0 Å². The highest BCUT2D eigenvalue weighted by molar-refractivity contribution is 6.16. The van der Waals surface area contributed by atoms with Crippen LogP contribution in [0.3, 0.4) is 0 Å². The van der Waals surface area contributed by atoms with Crippen LogP contribution in [-0.2, 0) is 4.74 Å². The highest BCUT2D eigenvalue weighted by Crippen LogP contribution is 2.30. The smallest absolute Gasteiger partial charge is 0.508 e. The lowest BCUT2D eigenvalue weighted by molar-refractivity contribution is 0.475. The minimum Gasteiger partial charge on any atom is -0.508 e. The molecule has 5 rings (SSSR count). The second-order valence-electron chi connectivity index (χ2n) is 6.86. The van der Waals surface area contributed by atoms with Crippen LogP contribution >= 0.6 is 0 Å². The van der Waals surface area contributed by atoms with E-state index in [9.17, 15) is 5.11 Å². The molecule has 1 heterocycles. The molecular weight excluding hydrogens is 358 g/mol. The Labute approximate surface area is 168 Å². The molecule has 0 saturated heterocycles. The van der Waals surface area contributed by atoms with Gasteiger partial charge < -0.3 is 9.84 Å². The lowest BCUT2D eigenvalue weighted by Crippen LogP contribution is -2.30. The number of ether oxygens (including phenoxy) is 1. The summed E-state index contributed by atoms with van der Waals surface area (Å²) < 4.78 is 10.6. The molecule has 0 fully saturated rings. The van der Waals surface area contributed by atoms with Crippen LogP contribution in [-0.4, -0.2) is 16.9 Å². The Morgan fingerprint density at radius 1 is 0.517 bits per heavy atom. The Bertz CT molecular complexity index is 1240. The molecule has 3 nitrogen and oxygen atoms in total. The van der Waals surface area contributed by atoms with Gasteiger partial charge in [0.2, 0.25) is 0 Å². The van der Waals surface area contributed by atoms with Crippen LogP contribution in [0.15, 0.2) is 103 Å². The molecule has 0 atom stereocenters. The molecule has 1 N–H and O–H groups in total. The van der Waals surface area contributed by atoms with Gasteiger partial charge in [0.1, 0.15) is 16.9 Å². The summed E-state index contributed by atoms with van der Waals surface area (Å²) in [5, 5.41) is 9.47. The van der Waals surface area contributed by atoms with Crippen molar-refractivity contribution in [2.24, 2.45) is 0 Å². The minimum absolute atomic E-state index is 0.222. The second-order valence-corrected chi connectivity index (χ2v) is 6.86. The lowest BCUT2D eigenvalue weighted by Gasteiger charge is -2.11. The van der Waals surface area contributed by atoms with Crippen molar-refractivity contribution in [1.82, 2.24) is 4.67 Å². The quantitative estimate of drug-likeness (QED) is 0.509. The summed E-state index contributed by atoms with van der Waals surface area (Å²) in [4.78, 5) is 0. The average molecular weight is 376 g/mol. The molecule has 0 bridgehead atoms. The predicted octanol–water partition coefficient (Wildman–Crippen LogP) is 5.02. The Kier molecular flexibility index (Phi) is 4.21. The van der Waals surface area contributed by atoms with Crippen molar-refractivity contribution in [3.8, 4) is 28.0 Å². The van der Waals surface area contributed by atoms with Gasteiger partial charge in [-0.3, -0.25) is 0 Å². The average Bonchev–Trinajstić information content (AvgIpc) is 2.75. The monoisotopic (exact) mass is 376 g/mol. The Morgan fingerprint density at radius 3 is 1.76 bits per heavy atom. The second kappa shape index (κ2) is 7.16. The van der Waals surface area contributed by atoms with E-state index in [1.807, 2.05) is 36.4 Å². The minimum atomic E-state index is 0.222. The van der Waals surface area contributed by atoms with Gasteiger partial charge in [0, 0.05) is 10.2 Å². The zero-order valence-electron chi connectivity index (χ0n) is 15.6. The van der Waals surface area contributed by atoms with Crippen LogP contribution in [0, 0.1) is 0 Å². The maximum atomic E-state index is 9.47. The molecule has 0 radical (unpaired) electrons. The molecule has 3 heteroatoms. The number of hydrogen-bond acceptors (Lipinski definition) is 2. The molecule has 1 aliphatic rings. The first-order valence-corrected chi connectivity index (χ1v) is 9.46. The standard InChI is InChI=1S/C26H17NO2/c28-22-14-11-20(12-15-22)25-27-26(29-25)24-17-21(18-7-3-1-4-8-18)13-16-23(24)19-9-5-2-6-10-19/h1-17H/p+1. The number of phenols is 1. The van der Waals surface area contributed by atoms with Crippen molar-refractivity contribution < 1.29 is 9.84 Å². The molecule has 0 spiro atoms. The number of aromatic hydroxyl groups is 1. The normalized spacial score (nSPS) is 12.4. The molecule has 1 aliphatic heterocycles. The van der Waals surface area contributed by atoms with Crippen LogP contribution < -0.4 is 4.67 Å². The van der Waals surface area contributed by atoms with Crippen molar-refractivity contribution in [2.75, 3.05) is 0 Å². The van der Waals surface area contributed by atoms with Gasteiger partial charge in [0.25, 0.3) is 0 Å². The summed E-state index contributed by atoms with van der Waals surface area (Å²) in [6, 6.07) is 33.8. The number of phenolic OH excluding ortho intramolecular Hbond substituents is 1. The summed E-state index contributed by atoms with van der Waals surface area (Å²) in [5.74, 6) is 1.38. The molecule has 4 aromatic rings. The van der Waals surface area contributed by atoms with E-state index in [1.54, 1.807) is 24.3 Å². The lowest BCUT2D eigenvalue weighted by atomic mass is 9.94. The van der Waals surface area contributed by atoms with Gasteiger partial charge in [-0.2, -0.15) is 0 Å². The molecule has 138 valence electrons. The fourth-order valence-electron chi connectivity index (χ4n) is 3.43. The molecule has 0 amide bonds. The predicted molar refractivity (Wildman–Crippen MR) is 117 cm³/mol. The zero-order valence-corrected chi connectivity index (χ0v) is 15.6. The molecule has 0 unspecified atom stereocenters. The fraction of sp³-hybridized carbons (Fsp3) is 0. The molecule has 29 heavy (non-hydrogen) atoms. The number of nitrogens with zero attached hydrogens (tertiary/aromatic N) is 1. The maximum Gasteiger partial charge on any atom is 0.511 e. The first-order chi connectivity index (χ1) is 14.3. The van der Waals surface area contributed by atoms with Crippen LogP contribution in [0.1, 0.15) is 11.1 Å². The van der Waals surface area contributed by atoms with Crippen molar-refractivity contribution in [3.63, 3.8) is 0 Å². The van der Waals surface area contributed by atoms with Gasteiger partial charge >= 0.3 is 11.8 Å². The van der Waals surface area contributed by atoms with Gasteiger partial charge in [-0.15, -0.1) is 0 Å². The van der Waals surface area contributed by atoms with E-state index in [2.05, 4.69) is 47.1 Å². The third-order valence-corrected chi connectivity index (χ3v) is 4.95. The SMILES string of the molecule is Oc1ccc(C2=[N+]=C(c3cc(-c4ccccc4)ccc3-c3ccccc3)O2)cc1. The number of hydrogen-bond donors (Lipinski definition) is 1. The zero-order chi connectivity index (χ0) is 19.6. The van der Waals surface area contributed by atoms with E-state index in [-0.39, 0.29) is 5.75 Å². The van der Waals surface area contributed by atoms with E-state index < -0.39 is 0 Å². The van der Waals surface area contributed by atoms with Gasteiger partial charge in [0.05, 0.1) is 0 Å². The van der Waals surface area contributed by atoms with Gasteiger partial charge in [-0.25, -0.2) is 0 Å². The van der Waals surface area contributed by atoms with Crippen LogP contribution in [0.25, 0.3) is 22.3 Å². The highest BCUT2D eigenvalue weighted by atomic mass is 16.5. The summed E-state index contributed by atoms with van der Waals surface area (Å²) >= 11 is 0. The molecular formula is C26H18NO2+. The largest absolute Gasteiger partial charge is 0.511 e. The topological polar surface area (TPSA) is 43.6 Å². The van der Waals surface area contributed by atoms with Crippen LogP contribution in [0.5, 0.6) is 5.75 Å². The van der Waals surface area contributed by atoms with Crippen molar-refractivity contribution in [2.45, 2.75) is 0 Å². The molecule has 0 saturated carbocycles. The number of benzene rings is 4. The first kappa shape index (κ1) is 17.1. The van der Waals surface area contributed by atoms with Gasteiger partial charge in [0.15, 0.2) is 0 Å². The molecule has 4 aromatic carbocycles. The fourth-order valence-corrected chi connectivity index (χ4v) is 3.43. The third kappa shape index (κ3) is 3.31. The van der Waals surface area contributed by atoms with E-state index in [4.69, 9.17) is 4.74 Å². The number of rotatable bonds is 4. The molecule has 0 aromatic heterocycles. The summed E-state index contributed by atoms with van der Waals surface area (Å²) in [6.07, 6.45) is 0. The first-order valence-electron chi connectivity index (χ1n) is 9.46. The van der Waals surface area contributed by atoms with Crippen molar-refractivity contribution in [3.05, 3.63) is 114 Å². The Hall–Kier alpha value is -4.07.